The molecule has 5 rings (SSSR count). The van der Waals surface area contributed by atoms with Crippen LogP contribution in [0.25, 0.3) is 5.69 Å². The lowest BCUT2D eigenvalue weighted by Crippen LogP contribution is -2.45. The molecule has 1 amide bonds. The first kappa shape index (κ1) is 35.4. The Morgan fingerprint density at radius 3 is 2.22 bits per heavy atom. The summed E-state index contributed by atoms with van der Waals surface area (Å²) in [5.41, 5.74) is 0.773. The van der Waals surface area contributed by atoms with E-state index in [1.807, 2.05) is 6.07 Å². The zero-order valence-corrected chi connectivity index (χ0v) is 26.3. The number of esters is 1. The minimum absolute atomic E-state index is 0. The van der Waals surface area contributed by atoms with Gasteiger partial charge in [0.25, 0.3) is 0 Å². The van der Waals surface area contributed by atoms with Gasteiger partial charge < -0.3 is 4.74 Å². The van der Waals surface area contributed by atoms with Crippen molar-refractivity contribution in [3.05, 3.63) is 113 Å². The molecule has 7 nitrogen and oxygen atoms in total. The molecule has 1 aliphatic heterocycles. The van der Waals surface area contributed by atoms with Gasteiger partial charge in [0.05, 0.1) is 17.2 Å². The van der Waals surface area contributed by atoms with Crippen LogP contribution in [-0.2, 0) is 27.1 Å². The highest BCUT2D eigenvalue weighted by atomic mass is 32.1. The van der Waals surface area contributed by atoms with Gasteiger partial charge in [-0.3, -0.25) is 19.3 Å². The minimum Gasteiger partial charge on any atom is -0.459 e. The van der Waals surface area contributed by atoms with Crippen LogP contribution in [0.2, 0.25) is 0 Å². The van der Waals surface area contributed by atoms with Gasteiger partial charge in [-0.15, -0.1) is 0 Å². The Morgan fingerprint density at radius 2 is 1.62 bits per heavy atom. The lowest BCUT2D eigenvalue weighted by atomic mass is 9.74. The van der Waals surface area contributed by atoms with E-state index in [0.717, 1.165) is 18.2 Å². The van der Waals surface area contributed by atoms with E-state index in [1.165, 1.54) is 42.2 Å². The van der Waals surface area contributed by atoms with Crippen LogP contribution < -0.4 is 4.90 Å². The Morgan fingerprint density at radius 1 is 0.956 bits per heavy atom. The average Bonchev–Trinajstić information content (AvgIpc) is 3.36. The van der Waals surface area contributed by atoms with Crippen molar-refractivity contribution in [3.8, 4) is 5.69 Å². The molecule has 0 saturated heterocycles. The quantitative estimate of drug-likeness (QED) is 0.119. The topological polar surface area (TPSA) is 81.5 Å². The molecule has 0 bridgehead atoms. The van der Waals surface area contributed by atoms with E-state index in [9.17, 15) is 31.9 Å². The summed E-state index contributed by atoms with van der Waals surface area (Å²) in [5.74, 6) is -3.71. The van der Waals surface area contributed by atoms with E-state index < -0.39 is 53.5 Å². The standard InChI is InChI=1S/C32H27F4N3O4.2H2S/c1-3-38-30-29(26(18-43-19(2)40)37-39(30)24-10-5-4-6-11-24)28(20-12-14-23(33)15-13-20)25(31(38)42)17-27(41)21-8-7-9-22(16-21)32(34,35)36;;/h4-16,25,28H,3,17-18H2,1-2H3;2*1H2/t25-,28+;;/m0../s1. The minimum atomic E-state index is -4.65. The first-order valence-electron chi connectivity index (χ1n) is 13.6. The number of rotatable bonds is 8. The number of anilines is 1. The largest absolute Gasteiger partial charge is 0.459 e. The van der Waals surface area contributed by atoms with E-state index >= 15 is 0 Å². The van der Waals surface area contributed by atoms with E-state index in [-0.39, 0.29) is 45.7 Å². The molecule has 0 saturated carbocycles. The number of carbonyl (C=O) groups is 3. The summed E-state index contributed by atoms with van der Waals surface area (Å²) < 4.78 is 61.1. The maximum absolute atomic E-state index is 14.2. The Kier molecular flexibility index (Phi) is 11.3. The third kappa shape index (κ3) is 7.25. The number of alkyl halides is 3. The molecular weight excluding hydrogens is 630 g/mol. The van der Waals surface area contributed by atoms with Crippen LogP contribution in [0.3, 0.4) is 0 Å². The first-order valence-corrected chi connectivity index (χ1v) is 13.6. The van der Waals surface area contributed by atoms with Crippen LogP contribution in [0.15, 0.2) is 78.9 Å². The van der Waals surface area contributed by atoms with Crippen molar-refractivity contribution >= 4 is 50.5 Å². The number of ketones is 1. The predicted octanol–water partition coefficient (Wildman–Crippen LogP) is 6.71. The summed E-state index contributed by atoms with van der Waals surface area (Å²) in [6, 6.07) is 18.5. The highest BCUT2D eigenvalue weighted by Crippen LogP contribution is 2.48. The van der Waals surface area contributed by atoms with Crippen molar-refractivity contribution < 1.29 is 36.7 Å². The molecule has 1 aliphatic rings. The zero-order chi connectivity index (χ0) is 30.9. The number of carbonyl (C=O) groups excluding carboxylic acids is 3. The molecule has 45 heavy (non-hydrogen) atoms. The number of halogens is 4. The van der Waals surface area contributed by atoms with Gasteiger partial charge in [-0.1, -0.05) is 42.5 Å². The molecule has 2 heterocycles. The van der Waals surface area contributed by atoms with E-state index in [2.05, 4.69) is 0 Å². The smallest absolute Gasteiger partial charge is 0.416 e. The molecule has 0 unspecified atom stereocenters. The molecule has 0 N–H and O–H groups in total. The SMILES string of the molecule is CCN1C(=O)[C@@H](CC(=O)c2cccc(C(F)(F)F)c2)[C@@H](c2ccc(F)cc2)c2c(COC(C)=O)nn(-c3ccccc3)c21.S.S. The fourth-order valence-electron chi connectivity index (χ4n) is 5.48. The Bertz CT molecular complexity index is 1680. The molecule has 2 atom stereocenters. The molecule has 3 aromatic carbocycles. The van der Waals surface area contributed by atoms with Gasteiger partial charge in [-0.25, -0.2) is 9.07 Å². The molecule has 4 aromatic rings. The molecule has 0 aliphatic carbocycles. The van der Waals surface area contributed by atoms with Crippen molar-refractivity contribution in [3.63, 3.8) is 0 Å². The molecule has 1 aromatic heterocycles. The van der Waals surface area contributed by atoms with Gasteiger partial charge in [-0.2, -0.15) is 45.3 Å². The van der Waals surface area contributed by atoms with Gasteiger partial charge in [0.2, 0.25) is 5.91 Å². The van der Waals surface area contributed by atoms with E-state index in [0.29, 0.717) is 28.3 Å². The maximum atomic E-state index is 14.2. The van der Waals surface area contributed by atoms with E-state index in [1.54, 1.807) is 35.9 Å². The van der Waals surface area contributed by atoms with Gasteiger partial charge in [0, 0.05) is 36.9 Å². The lowest BCUT2D eigenvalue weighted by Gasteiger charge is -2.38. The molecule has 0 radical (unpaired) electrons. The van der Waals surface area contributed by atoms with E-state index in [4.69, 9.17) is 9.84 Å². The van der Waals surface area contributed by atoms with Crippen molar-refractivity contribution in [2.75, 3.05) is 11.4 Å². The number of hydrogen-bond acceptors (Lipinski definition) is 5. The van der Waals surface area contributed by atoms with Crippen LogP contribution in [0.4, 0.5) is 23.4 Å². The summed E-state index contributed by atoms with van der Waals surface area (Å²) in [5, 5.41) is 4.73. The number of aromatic nitrogens is 2. The van der Waals surface area contributed by atoms with Crippen LogP contribution in [0.1, 0.15) is 58.9 Å². The van der Waals surface area contributed by atoms with Crippen LogP contribution in [0, 0.1) is 11.7 Å². The maximum Gasteiger partial charge on any atom is 0.416 e. The molecule has 0 fully saturated rings. The first-order chi connectivity index (χ1) is 20.5. The summed E-state index contributed by atoms with van der Waals surface area (Å²) in [6.45, 7) is 2.94. The highest BCUT2D eigenvalue weighted by Gasteiger charge is 2.46. The summed E-state index contributed by atoms with van der Waals surface area (Å²) in [6.07, 6.45) is -5.08. The number of para-hydroxylation sites is 1. The fraction of sp³-hybridized carbons (Fsp3) is 0.250. The number of ether oxygens (including phenoxy) is 1. The molecule has 0 spiro atoms. The van der Waals surface area contributed by atoms with Crippen molar-refractivity contribution in [1.29, 1.82) is 0 Å². The summed E-state index contributed by atoms with van der Waals surface area (Å²) in [4.78, 5) is 41.0. The monoisotopic (exact) mass is 661 g/mol. The molecule has 238 valence electrons. The van der Waals surface area contributed by atoms with Crippen molar-refractivity contribution in [1.82, 2.24) is 9.78 Å². The fourth-order valence-corrected chi connectivity index (χ4v) is 5.48. The number of amides is 1. The second-order valence-corrected chi connectivity index (χ2v) is 10.1. The third-order valence-electron chi connectivity index (χ3n) is 7.40. The van der Waals surface area contributed by atoms with Crippen LogP contribution in [-0.4, -0.2) is 34.0 Å². The summed E-state index contributed by atoms with van der Waals surface area (Å²) >= 11 is 0. The number of Topliss-reactive ketones (excluding diaryl/α,β-unsaturated/α-hetero) is 1. The van der Waals surface area contributed by atoms with Crippen LogP contribution >= 0.6 is 27.0 Å². The van der Waals surface area contributed by atoms with Gasteiger partial charge in [-0.05, 0) is 48.9 Å². The summed E-state index contributed by atoms with van der Waals surface area (Å²) in [7, 11) is 0. The van der Waals surface area contributed by atoms with Crippen LogP contribution in [0.5, 0.6) is 0 Å². The second kappa shape index (κ2) is 14.3. The number of fused-ring (bicyclic) bond motifs is 1. The number of benzene rings is 3. The number of hydrogen-bond donors (Lipinski definition) is 0. The highest BCUT2D eigenvalue weighted by molar-refractivity contribution is 7.59. The normalized spacial score (nSPS) is 15.9. The molecule has 13 heteroatoms. The Hall–Kier alpha value is -4.10. The van der Waals surface area contributed by atoms with Gasteiger partial charge in [0.1, 0.15) is 23.9 Å². The second-order valence-electron chi connectivity index (χ2n) is 10.1. The Balaban J connectivity index is 0.00000276. The van der Waals surface area contributed by atoms with Gasteiger partial charge >= 0.3 is 12.1 Å². The lowest BCUT2D eigenvalue weighted by molar-refractivity contribution is -0.142. The average molecular weight is 662 g/mol. The Labute approximate surface area is 271 Å². The van der Waals surface area contributed by atoms with Gasteiger partial charge in [0.15, 0.2) is 5.78 Å². The third-order valence-corrected chi connectivity index (χ3v) is 7.40. The zero-order valence-electron chi connectivity index (χ0n) is 24.3. The van der Waals surface area contributed by atoms with Crippen molar-refractivity contribution in [2.24, 2.45) is 5.92 Å². The molecular formula is C32H31F4N3O4S2. The number of nitrogens with zero attached hydrogens (tertiary/aromatic N) is 3. The van der Waals surface area contributed by atoms with Crippen molar-refractivity contribution in [2.45, 2.75) is 39.0 Å². The predicted molar refractivity (Wildman–Crippen MR) is 170 cm³/mol.